The van der Waals surface area contributed by atoms with Gasteiger partial charge in [-0.2, -0.15) is 8.78 Å². The quantitative estimate of drug-likeness (QED) is 0.649. The lowest BCUT2D eigenvalue weighted by Crippen LogP contribution is -2.32. The van der Waals surface area contributed by atoms with Gasteiger partial charge in [0.15, 0.2) is 5.16 Å². The Hall–Kier alpha value is -2.36. The van der Waals surface area contributed by atoms with Crippen LogP contribution in [0, 0.1) is 0 Å². The largest absolute Gasteiger partial charge is 0.435 e. The molecule has 2 fully saturated rings. The zero-order chi connectivity index (χ0) is 20.2. The summed E-state index contributed by atoms with van der Waals surface area (Å²) in [7, 11) is 0. The molecule has 1 saturated carbocycles. The van der Waals surface area contributed by atoms with Crippen molar-refractivity contribution in [3.05, 3.63) is 24.3 Å². The number of rotatable bonds is 8. The molecule has 1 amide bonds. The van der Waals surface area contributed by atoms with Crippen LogP contribution in [0.5, 0.6) is 5.75 Å². The fraction of sp³-hybridized carbons (Fsp3) is 0.526. The zero-order valence-corrected chi connectivity index (χ0v) is 16.7. The number of hydrogen-bond donors (Lipinski definition) is 1. The first-order valence-corrected chi connectivity index (χ1v) is 10.8. The fourth-order valence-electron chi connectivity index (χ4n) is 3.38. The van der Waals surface area contributed by atoms with Crippen LogP contribution in [0.15, 0.2) is 29.4 Å². The molecule has 0 unspecified atom stereocenters. The maximum Gasteiger partial charge on any atom is 0.387 e. The second-order valence-electron chi connectivity index (χ2n) is 7.17. The Morgan fingerprint density at radius 1 is 1.17 bits per heavy atom. The van der Waals surface area contributed by atoms with Crippen molar-refractivity contribution in [1.29, 1.82) is 0 Å². The van der Waals surface area contributed by atoms with Crippen LogP contribution >= 0.6 is 11.8 Å². The number of nitrogens with zero attached hydrogens (tertiary/aromatic N) is 4. The molecule has 2 aliphatic rings. The van der Waals surface area contributed by atoms with Gasteiger partial charge in [-0.05, 0) is 56.4 Å². The predicted molar refractivity (Wildman–Crippen MR) is 107 cm³/mol. The summed E-state index contributed by atoms with van der Waals surface area (Å²) in [6.07, 6.45) is 5.83. The third-order valence-corrected chi connectivity index (χ3v) is 5.84. The van der Waals surface area contributed by atoms with Gasteiger partial charge in [0.25, 0.3) is 0 Å². The lowest BCUT2D eigenvalue weighted by molar-refractivity contribution is -0.113. The van der Waals surface area contributed by atoms with Crippen LogP contribution in [-0.2, 0) is 4.79 Å². The van der Waals surface area contributed by atoms with Crippen LogP contribution in [0.4, 0.5) is 20.4 Å². The normalized spacial score (nSPS) is 16.9. The third kappa shape index (κ3) is 5.17. The maximum atomic E-state index is 12.3. The lowest BCUT2D eigenvalue weighted by atomic mass is 10.1. The van der Waals surface area contributed by atoms with Crippen molar-refractivity contribution in [2.45, 2.75) is 49.9 Å². The molecule has 7 nitrogen and oxygen atoms in total. The topological polar surface area (TPSA) is 72.3 Å². The number of ether oxygens (including phenoxy) is 1. The number of thioether (sulfide) groups is 1. The first-order valence-electron chi connectivity index (χ1n) is 9.77. The van der Waals surface area contributed by atoms with Gasteiger partial charge < -0.3 is 15.0 Å². The van der Waals surface area contributed by atoms with E-state index in [0.717, 1.165) is 37.0 Å². The summed E-state index contributed by atoms with van der Waals surface area (Å²) >= 11 is 1.37. The van der Waals surface area contributed by atoms with Gasteiger partial charge in [-0.15, -0.1) is 10.2 Å². The molecule has 2 aromatic rings. The molecule has 0 spiro atoms. The van der Waals surface area contributed by atoms with Gasteiger partial charge in [0.1, 0.15) is 5.75 Å². The van der Waals surface area contributed by atoms with Gasteiger partial charge in [0.2, 0.25) is 11.9 Å². The second kappa shape index (κ2) is 8.98. The van der Waals surface area contributed by atoms with E-state index in [1.54, 1.807) is 0 Å². The molecular formula is C19H23F2N5O2S. The summed E-state index contributed by atoms with van der Waals surface area (Å²) in [6.45, 7) is -0.867. The molecule has 2 heterocycles. The third-order valence-electron chi connectivity index (χ3n) is 4.89. The SMILES string of the molecule is O=C(CSc1nnc(N2CCCCC2)n1C1CC1)Nc1ccc(OC(F)F)cc1. The number of benzene rings is 1. The molecule has 1 saturated heterocycles. The fourth-order valence-corrected chi connectivity index (χ4v) is 4.18. The molecule has 1 aromatic heterocycles. The van der Waals surface area contributed by atoms with Crippen LogP contribution in [0.3, 0.4) is 0 Å². The summed E-state index contributed by atoms with van der Waals surface area (Å²) < 4.78 is 30.9. The number of hydrogen-bond acceptors (Lipinski definition) is 6. The van der Waals surface area contributed by atoms with Crippen LogP contribution < -0.4 is 15.0 Å². The minimum atomic E-state index is -2.87. The second-order valence-corrected chi connectivity index (χ2v) is 8.11. The first kappa shape index (κ1) is 19.9. The van der Waals surface area contributed by atoms with Gasteiger partial charge in [0, 0.05) is 24.8 Å². The average molecular weight is 423 g/mol. The van der Waals surface area contributed by atoms with Crippen LogP contribution in [0.1, 0.15) is 38.1 Å². The molecule has 29 heavy (non-hydrogen) atoms. The molecular weight excluding hydrogens is 400 g/mol. The van der Waals surface area contributed by atoms with Crippen molar-refractivity contribution in [2.24, 2.45) is 0 Å². The number of nitrogens with one attached hydrogen (secondary N) is 1. The summed E-state index contributed by atoms with van der Waals surface area (Å²) in [4.78, 5) is 14.6. The van der Waals surface area contributed by atoms with E-state index in [-0.39, 0.29) is 17.4 Å². The molecule has 1 N–H and O–H groups in total. The molecule has 4 rings (SSSR count). The van der Waals surface area contributed by atoms with E-state index < -0.39 is 6.61 Å². The Morgan fingerprint density at radius 2 is 1.90 bits per heavy atom. The maximum absolute atomic E-state index is 12.3. The minimum absolute atomic E-state index is 0.0511. The molecule has 0 bridgehead atoms. The van der Waals surface area contributed by atoms with Gasteiger partial charge in [-0.3, -0.25) is 9.36 Å². The molecule has 156 valence electrons. The van der Waals surface area contributed by atoms with Crippen molar-refractivity contribution >= 4 is 29.3 Å². The highest BCUT2D eigenvalue weighted by molar-refractivity contribution is 7.99. The highest BCUT2D eigenvalue weighted by Gasteiger charge is 2.32. The van der Waals surface area contributed by atoms with Crippen molar-refractivity contribution in [3.63, 3.8) is 0 Å². The van der Waals surface area contributed by atoms with Crippen molar-refractivity contribution < 1.29 is 18.3 Å². The number of amides is 1. The monoisotopic (exact) mass is 423 g/mol. The summed E-state index contributed by atoms with van der Waals surface area (Å²) in [5.41, 5.74) is 0.523. The smallest absolute Gasteiger partial charge is 0.387 e. The molecule has 0 radical (unpaired) electrons. The van der Waals surface area contributed by atoms with Gasteiger partial charge >= 0.3 is 6.61 Å². The molecule has 10 heteroatoms. The van der Waals surface area contributed by atoms with E-state index in [0.29, 0.717) is 11.7 Å². The van der Waals surface area contributed by atoms with Crippen LogP contribution in [0.25, 0.3) is 0 Å². The van der Waals surface area contributed by atoms with Gasteiger partial charge in [0.05, 0.1) is 5.75 Å². The predicted octanol–water partition coefficient (Wildman–Crippen LogP) is 3.94. The Labute approximate surface area is 171 Å². The number of alkyl halides is 2. The Balaban J connectivity index is 1.35. The number of aromatic nitrogens is 3. The highest BCUT2D eigenvalue weighted by atomic mass is 32.2. The Morgan fingerprint density at radius 3 is 2.55 bits per heavy atom. The minimum Gasteiger partial charge on any atom is -0.435 e. The molecule has 1 aliphatic heterocycles. The molecule has 0 atom stereocenters. The van der Waals surface area contributed by atoms with E-state index in [1.165, 1.54) is 55.3 Å². The number of carbonyl (C=O) groups is 1. The Bertz CT molecular complexity index is 836. The van der Waals surface area contributed by atoms with E-state index >= 15 is 0 Å². The average Bonchev–Trinajstić information content (AvgIpc) is 3.47. The summed E-state index contributed by atoms with van der Waals surface area (Å²) in [6, 6.07) is 6.27. The number of piperidine rings is 1. The number of anilines is 2. The van der Waals surface area contributed by atoms with Crippen molar-refractivity contribution in [2.75, 3.05) is 29.1 Å². The molecule has 1 aliphatic carbocycles. The van der Waals surface area contributed by atoms with Gasteiger partial charge in [-0.25, -0.2) is 0 Å². The van der Waals surface area contributed by atoms with E-state index in [2.05, 4.69) is 29.7 Å². The van der Waals surface area contributed by atoms with Crippen LogP contribution in [0.2, 0.25) is 0 Å². The van der Waals surface area contributed by atoms with Crippen LogP contribution in [-0.4, -0.2) is 46.1 Å². The van der Waals surface area contributed by atoms with Gasteiger partial charge in [-0.1, -0.05) is 11.8 Å². The Kier molecular flexibility index (Phi) is 6.17. The standard InChI is InChI=1S/C19H23F2N5O2S/c20-17(21)28-15-8-4-13(5-9-15)22-16(27)12-29-19-24-23-18(26(19)14-6-7-14)25-10-2-1-3-11-25/h4-5,8-9,14,17H,1-3,6-7,10-12H2,(H,22,27). The van der Waals surface area contributed by atoms with E-state index in [9.17, 15) is 13.6 Å². The first-order chi connectivity index (χ1) is 14.1. The van der Waals surface area contributed by atoms with E-state index in [1.807, 2.05) is 0 Å². The highest BCUT2D eigenvalue weighted by Crippen LogP contribution is 2.41. The summed E-state index contributed by atoms with van der Waals surface area (Å²) in [5.74, 6) is 0.974. The van der Waals surface area contributed by atoms with E-state index in [4.69, 9.17) is 0 Å². The zero-order valence-electron chi connectivity index (χ0n) is 15.9. The number of halogens is 2. The van der Waals surface area contributed by atoms with Crippen molar-refractivity contribution in [3.8, 4) is 5.75 Å². The molecule has 1 aromatic carbocycles. The lowest BCUT2D eigenvalue weighted by Gasteiger charge is -2.27. The number of carbonyl (C=O) groups excluding carboxylic acids is 1. The summed E-state index contributed by atoms with van der Waals surface area (Å²) in [5, 5.41) is 12.3. The van der Waals surface area contributed by atoms with Crippen molar-refractivity contribution in [1.82, 2.24) is 14.8 Å².